The quantitative estimate of drug-likeness (QED) is 0.547. The second-order valence-corrected chi connectivity index (χ2v) is 12.1. The van der Waals surface area contributed by atoms with E-state index in [0.717, 1.165) is 54.0 Å². The molecular formula is C25H29N5O3S2. The number of amides is 2. The van der Waals surface area contributed by atoms with Crippen LogP contribution in [0.4, 0.5) is 5.00 Å². The minimum Gasteiger partial charge on any atom is -0.335 e. The highest BCUT2D eigenvalue weighted by molar-refractivity contribution is 7.19. The van der Waals surface area contributed by atoms with Gasteiger partial charge in [0.25, 0.3) is 11.5 Å². The van der Waals surface area contributed by atoms with Crippen LogP contribution >= 0.6 is 22.7 Å². The summed E-state index contributed by atoms with van der Waals surface area (Å²) in [4.78, 5) is 52.7. The van der Waals surface area contributed by atoms with E-state index in [-0.39, 0.29) is 23.3 Å². The largest absolute Gasteiger partial charge is 0.335 e. The van der Waals surface area contributed by atoms with Crippen molar-refractivity contribution in [3.8, 4) is 0 Å². The standard InChI is InChI=1S/C25H29N5O3S2/c1-14-12-16(14)22(31)28-20-7-6-18(34-20)25(33)30-10-8-29(9-11-30)13-19-26-23(32)21-15-4-2-3-5-17(15)35-24(21)27-19/h6-7,14,16H,2-5,8-13H2,1H3,(H,28,31)(H,26,27,32). The maximum absolute atomic E-state index is 13.0. The molecule has 184 valence electrons. The molecule has 1 saturated heterocycles. The van der Waals surface area contributed by atoms with Crippen LogP contribution < -0.4 is 10.9 Å². The van der Waals surface area contributed by atoms with Gasteiger partial charge in [-0.1, -0.05) is 6.92 Å². The number of H-pyrrole nitrogens is 1. The second kappa shape index (κ2) is 9.15. The summed E-state index contributed by atoms with van der Waals surface area (Å²) in [6.07, 6.45) is 5.31. The van der Waals surface area contributed by atoms with Gasteiger partial charge in [0.05, 0.1) is 21.8 Å². The minimum atomic E-state index is -0.0186. The fraction of sp³-hybridized carbons (Fsp3) is 0.520. The van der Waals surface area contributed by atoms with Crippen LogP contribution in [0.2, 0.25) is 0 Å². The SMILES string of the molecule is CC1CC1C(=O)Nc1ccc(C(=O)N2CCN(Cc3nc4sc5c(c4c(=O)[nH]3)CCCC5)CC2)s1. The van der Waals surface area contributed by atoms with Crippen LogP contribution in [0.1, 0.15) is 52.1 Å². The zero-order valence-corrected chi connectivity index (χ0v) is 21.4. The number of nitrogens with one attached hydrogen (secondary N) is 2. The molecule has 6 rings (SSSR count). The molecule has 2 fully saturated rings. The molecule has 35 heavy (non-hydrogen) atoms. The molecule has 2 amide bonds. The van der Waals surface area contributed by atoms with E-state index in [1.807, 2.05) is 11.0 Å². The van der Waals surface area contributed by atoms with Gasteiger partial charge in [-0.25, -0.2) is 4.98 Å². The molecule has 4 heterocycles. The first-order chi connectivity index (χ1) is 17.0. The molecule has 3 aromatic rings. The number of hydrogen-bond acceptors (Lipinski definition) is 7. The van der Waals surface area contributed by atoms with Crippen LogP contribution in [-0.2, 0) is 24.2 Å². The summed E-state index contributed by atoms with van der Waals surface area (Å²) in [6.45, 7) is 5.35. The molecule has 2 unspecified atom stereocenters. The Hall–Kier alpha value is -2.56. The Morgan fingerprint density at radius 1 is 1.14 bits per heavy atom. The van der Waals surface area contributed by atoms with Gasteiger partial charge in [0.1, 0.15) is 10.7 Å². The van der Waals surface area contributed by atoms with Crippen molar-refractivity contribution in [2.24, 2.45) is 11.8 Å². The molecule has 1 aliphatic heterocycles. The lowest BCUT2D eigenvalue weighted by Crippen LogP contribution is -2.48. The molecule has 2 atom stereocenters. The Bertz CT molecular complexity index is 1350. The number of carbonyl (C=O) groups is 2. The van der Waals surface area contributed by atoms with Crippen molar-refractivity contribution < 1.29 is 9.59 Å². The van der Waals surface area contributed by atoms with Crippen LogP contribution in [0, 0.1) is 11.8 Å². The van der Waals surface area contributed by atoms with E-state index in [1.165, 1.54) is 28.2 Å². The first kappa shape index (κ1) is 22.9. The highest BCUT2D eigenvalue weighted by Gasteiger charge is 2.39. The Labute approximate surface area is 211 Å². The number of aryl methyl sites for hydroxylation is 2. The van der Waals surface area contributed by atoms with Gasteiger partial charge in [-0.2, -0.15) is 0 Å². The van der Waals surface area contributed by atoms with Gasteiger partial charge in [0.15, 0.2) is 0 Å². The Morgan fingerprint density at radius 3 is 2.69 bits per heavy atom. The third-order valence-electron chi connectivity index (χ3n) is 7.42. The zero-order valence-electron chi connectivity index (χ0n) is 19.8. The third-order valence-corrected chi connectivity index (χ3v) is 9.59. The molecule has 8 nitrogen and oxygen atoms in total. The average molecular weight is 512 g/mol. The van der Waals surface area contributed by atoms with E-state index in [1.54, 1.807) is 17.4 Å². The van der Waals surface area contributed by atoms with Crippen LogP contribution in [0.15, 0.2) is 16.9 Å². The maximum Gasteiger partial charge on any atom is 0.264 e. The van der Waals surface area contributed by atoms with Crippen LogP contribution in [0.5, 0.6) is 0 Å². The van der Waals surface area contributed by atoms with Gasteiger partial charge in [-0.3, -0.25) is 19.3 Å². The van der Waals surface area contributed by atoms with E-state index < -0.39 is 0 Å². The number of aromatic amines is 1. The van der Waals surface area contributed by atoms with Crippen molar-refractivity contribution in [3.63, 3.8) is 0 Å². The molecule has 0 bridgehead atoms. The normalized spacial score (nSPS) is 22.3. The maximum atomic E-state index is 13.0. The lowest BCUT2D eigenvalue weighted by molar-refractivity contribution is -0.117. The molecule has 0 radical (unpaired) electrons. The number of carbonyl (C=O) groups excluding carboxylic acids is 2. The summed E-state index contributed by atoms with van der Waals surface area (Å²) in [5.74, 6) is 1.33. The van der Waals surface area contributed by atoms with Gasteiger partial charge < -0.3 is 15.2 Å². The fourth-order valence-electron chi connectivity index (χ4n) is 5.18. The van der Waals surface area contributed by atoms with Crippen LogP contribution in [-0.4, -0.2) is 57.8 Å². The molecular weight excluding hydrogens is 482 g/mol. The Morgan fingerprint density at radius 2 is 1.91 bits per heavy atom. The summed E-state index contributed by atoms with van der Waals surface area (Å²) in [6, 6.07) is 3.62. The van der Waals surface area contributed by atoms with Gasteiger partial charge >= 0.3 is 0 Å². The molecule has 0 spiro atoms. The summed E-state index contributed by atoms with van der Waals surface area (Å²) < 4.78 is 0. The molecule has 3 aliphatic rings. The van der Waals surface area contributed by atoms with Gasteiger partial charge in [0.2, 0.25) is 5.91 Å². The van der Waals surface area contributed by atoms with Gasteiger partial charge in [-0.05, 0) is 55.7 Å². The zero-order chi connectivity index (χ0) is 24.1. The van der Waals surface area contributed by atoms with E-state index in [2.05, 4.69) is 22.1 Å². The lowest BCUT2D eigenvalue weighted by atomic mass is 9.97. The highest BCUT2D eigenvalue weighted by Crippen LogP contribution is 2.39. The first-order valence-corrected chi connectivity index (χ1v) is 14.1. The topological polar surface area (TPSA) is 98.4 Å². The number of thiophene rings is 2. The fourth-order valence-corrected chi connectivity index (χ4v) is 7.34. The molecule has 3 aromatic heterocycles. The van der Waals surface area contributed by atoms with E-state index in [4.69, 9.17) is 4.98 Å². The third kappa shape index (κ3) is 4.54. The summed E-state index contributed by atoms with van der Waals surface area (Å²) in [5.41, 5.74) is 1.19. The Kier molecular flexibility index (Phi) is 5.98. The van der Waals surface area contributed by atoms with Gasteiger partial charge in [-0.15, -0.1) is 22.7 Å². The van der Waals surface area contributed by atoms with Crippen molar-refractivity contribution in [3.05, 3.63) is 43.6 Å². The number of aromatic nitrogens is 2. The summed E-state index contributed by atoms with van der Waals surface area (Å²) in [5, 5.41) is 4.47. The second-order valence-electron chi connectivity index (χ2n) is 9.94. The predicted molar refractivity (Wildman–Crippen MR) is 138 cm³/mol. The number of piperazine rings is 1. The van der Waals surface area contributed by atoms with Crippen molar-refractivity contribution in [1.29, 1.82) is 0 Å². The summed E-state index contributed by atoms with van der Waals surface area (Å²) in [7, 11) is 0. The smallest absolute Gasteiger partial charge is 0.264 e. The van der Waals surface area contributed by atoms with Crippen molar-refractivity contribution in [2.45, 2.75) is 45.6 Å². The van der Waals surface area contributed by atoms with Crippen LogP contribution in [0.25, 0.3) is 10.2 Å². The number of fused-ring (bicyclic) bond motifs is 3. The molecule has 1 saturated carbocycles. The average Bonchev–Trinajstić information content (AvgIpc) is 3.24. The van der Waals surface area contributed by atoms with Crippen molar-refractivity contribution in [1.82, 2.24) is 19.8 Å². The Balaban J connectivity index is 1.06. The van der Waals surface area contributed by atoms with Crippen LogP contribution in [0.3, 0.4) is 0 Å². The van der Waals surface area contributed by atoms with E-state index in [9.17, 15) is 14.4 Å². The molecule has 2 aliphatic carbocycles. The number of anilines is 1. The van der Waals surface area contributed by atoms with Crippen molar-refractivity contribution >= 4 is 49.7 Å². The number of hydrogen-bond donors (Lipinski definition) is 2. The monoisotopic (exact) mass is 511 g/mol. The molecule has 10 heteroatoms. The van der Waals surface area contributed by atoms with E-state index >= 15 is 0 Å². The number of rotatable bonds is 5. The highest BCUT2D eigenvalue weighted by atomic mass is 32.1. The van der Waals surface area contributed by atoms with E-state index in [0.29, 0.717) is 36.3 Å². The molecule has 0 aromatic carbocycles. The minimum absolute atomic E-state index is 0.00653. The lowest BCUT2D eigenvalue weighted by Gasteiger charge is -2.34. The number of nitrogens with zero attached hydrogens (tertiary/aromatic N) is 3. The van der Waals surface area contributed by atoms with Gasteiger partial charge in [0, 0.05) is 37.0 Å². The van der Waals surface area contributed by atoms with Crippen molar-refractivity contribution in [2.75, 3.05) is 31.5 Å². The first-order valence-electron chi connectivity index (χ1n) is 12.4. The summed E-state index contributed by atoms with van der Waals surface area (Å²) >= 11 is 3.02. The molecule has 2 N–H and O–H groups in total. The predicted octanol–water partition coefficient (Wildman–Crippen LogP) is 3.48.